The average Bonchev–Trinajstić information content (AvgIpc) is 3.66. The SMILES string of the molecule is NC(=O)c1cccc(-c2ccc(Oc3ccc(C4=NC4)cc3-c3ccc(=O)[nH]c3)cc2)n1. The number of nitrogens with two attached hydrogens (primary N) is 1. The van der Waals surface area contributed by atoms with E-state index in [1.807, 2.05) is 48.5 Å². The van der Waals surface area contributed by atoms with E-state index in [4.69, 9.17) is 10.5 Å². The highest BCUT2D eigenvalue weighted by Gasteiger charge is 2.16. The summed E-state index contributed by atoms with van der Waals surface area (Å²) in [5.74, 6) is 0.729. The van der Waals surface area contributed by atoms with E-state index < -0.39 is 5.91 Å². The summed E-state index contributed by atoms with van der Waals surface area (Å²) in [4.78, 5) is 34.2. The Labute approximate surface area is 183 Å². The number of hydrogen-bond acceptors (Lipinski definition) is 5. The first-order chi connectivity index (χ1) is 15.6. The number of amides is 1. The quantitative estimate of drug-likeness (QED) is 0.492. The van der Waals surface area contributed by atoms with Gasteiger partial charge in [-0.2, -0.15) is 0 Å². The largest absolute Gasteiger partial charge is 0.457 e. The number of H-pyrrole nitrogens is 1. The molecule has 4 aromatic rings. The summed E-state index contributed by atoms with van der Waals surface area (Å²) in [5, 5.41) is 0. The number of nitrogens with zero attached hydrogens (tertiary/aromatic N) is 2. The Morgan fingerprint density at radius 1 is 0.938 bits per heavy atom. The van der Waals surface area contributed by atoms with Crippen LogP contribution in [-0.4, -0.2) is 28.1 Å². The zero-order valence-corrected chi connectivity index (χ0v) is 16.9. The predicted molar refractivity (Wildman–Crippen MR) is 122 cm³/mol. The van der Waals surface area contributed by atoms with Gasteiger partial charge in [-0.25, -0.2) is 4.98 Å². The molecular formula is C25H18N4O3. The fraction of sp³-hybridized carbons (Fsp3) is 0.0400. The Balaban J connectivity index is 1.45. The van der Waals surface area contributed by atoms with Crippen molar-refractivity contribution >= 4 is 11.6 Å². The van der Waals surface area contributed by atoms with Gasteiger partial charge in [-0.05, 0) is 66.2 Å². The van der Waals surface area contributed by atoms with Crippen LogP contribution in [0.25, 0.3) is 22.4 Å². The van der Waals surface area contributed by atoms with Crippen LogP contribution in [0.3, 0.4) is 0 Å². The molecule has 1 amide bonds. The molecule has 3 N–H and O–H groups in total. The summed E-state index contributed by atoms with van der Waals surface area (Å²) in [6.45, 7) is 0.748. The minimum absolute atomic E-state index is 0.163. The van der Waals surface area contributed by atoms with Gasteiger partial charge in [0.2, 0.25) is 5.56 Å². The molecule has 0 radical (unpaired) electrons. The molecule has 0 fully saturated rings. The smallest absolute Gasteiger partial charge is 0.267 e. The van der Waals surface area contributed by atoms with Crippen LogP contribution in [0, 0.1) is 0 Å². The second-order valence-corrected chi connectivity index (χ2v) is 7.31. The van der Waals surface area contributed by atoms with Crippen molar-refractivity contribution in [3.63, 3.8) is 0 Å². The van der Waals surface area contributed by atoms with Gasteiger partial charge in [-0.15, -0.1) is 0 Å². The van der Waals surface area contributed by atoms with Crippen LogP contribution < -0.4 is 16.0 Å². The summed E-state index contributed by atoms with van der Waals surface area (Å²) < 4.78 is 6.18. The van der Waals surface area contributed by atoms with Crippen LogP contribution in [-0.2, 0) is 0 Å². The van der Waals surface area contributed by atoms with E-state index in [9.17, 15) is 9.59 Å². The first kappa shape index (κ1) is 19.4. The first-order valence-corrected chi connectivity index (χ1v) is 9.99. The number of benzene rings is 2. The number of aliphatic imine (C=N–C) groups is 1. The molecular weight excluding hydrogens is 404 g/mol. The summed E-state index contributed by atoms with van der Waals surface area (Å²) >= 11 is 0. The van der Waals surface area contributed by atoms with Crippen LogP contribution in [0.5, 0.6) is 11.5 Å². The van der Waals surface area contributed by atoms with E-state index in [1.54, 1.807) is 24.4 Å². The Hall–Kier alpha value is -4.52. The Morgan fingerprint density at radius 2 is 1.69 bits per heavy atom. The summed E-state index contributed by atoms with van der Waals surface area (Å²) in [7, 11) is 0. The van der Waals surface area contributed by atoms with Gasteiger partial charge < -0.3 is 15.5 Å². The number of pyridine rings is 2. The molecule has 2 aromatic heterocycles. The second-order valence-electron chi connectivity index (χ2n) is 7.31. The summed E-state index contributed by atoms with van der Waals surface area (Å²) in [6, 6.07) is 21.7. The van der Waals surface area contributed by atoms with Gasteiger partial charge in [-0.1, -0.05) is 6.07 Å². The van der Waals surface area contributed by atoms with Crippen LogP contribution >= 0.6 is 0 Å². The maximum atomic E-state index is 11.5. The van der Waals surface area contributed by atoms with Crippen LogP contribution in [0.2, 0.25) is 0 Å². The van der Waals surface area contributed by atoms with Gasteiger partial charge in [0, 0.05) is 29.0 Å². The zero-order chi connectivity index (χ0) is 22.1. The van der Waals surface area contributed by atoms with Crippen molar-refractivity contribution in [3.05, 3.63) is 101 Å². The van der Waals surface area contributed by atoms with Crippen LogP contribution in [0.4, 0.5) is 0 Å². The molecule has 0 bridgehead atoms. The lowest BCUT2D eigenvalue weighted by Crippen LogP contribution is -2.12. The van der Waals surface area contributed by atoms with Crippen molar-refractivity contribution in [2.45, 2.75) is 0 Å². The zero-order valence-electron chi connectivity index (χ0n) is 16.9. The van der Waals surface area contributed by atoms with Crippen molar-refractivity contribution in [2.75, 3.05) is 6.54 Å². The van der Waals surface area contributed by atoms with Gasteiger partial charge in [0.1, 0.15) is 17.2 Å². The molecule has 1 aliphatic rings. The molecule has 0 atom stereocenters. The molecule has 7 heteroatoms. The molecule has 0 saturated heterocycles. The second kappa shape index (κ2) is 7.96. The van der Waals surface area contributed by atoms with E-state index in [1.165, 1.54) is 6.07 Å². The minimum atomic E-state index is -0.567. The molecule has 0 aliphatic carbocycles. The summed E-state index contributed by atoms with van der Waals surface area (Å²) in [6.07, 6.45) is 1.67. The van der Waals surface area contributed by atoms with Gasteiger partial charge >= 0.3 is 0 Å². The molecule has 156 valence electrons. The number of carbonyl (C=O) groups is 1. The van der Waals surface area contributed by atoms with Crippen molar-refractivity contribution in [1.29, 1.82) is 0 Å². The Kier molecular flexibility index (Phi) is 4.84. The molecule has 2 aromatic carbocycles. The highest BCUT2D eigenvalue weighted by molar-refractivity contribution is 6.11. The number of nitrogens with one attached hydrogen (secondary N) is 1. The van der Waals surface area contributed by atoms with Crippen molar-refractivity contribution in [2.24, 2.45) is 10.7 Å². The topological polar surface area (TPSA) is 110 Å². The van der Waals surface area contributed by atoms with E-state index in [2.05, 4.69) is 15.0 Å². The molecule has 0 unspecified atom stereocenters. The third-order valence-electron chi connectivity index (χ3n) is 5.10. The van der Waals surface area contributed by atoms with E-state index in [0.29, 0.717) is 17.2 Å². The molecule has 3 heterocycles. The molecule has 5 rings (SSSR count). The lowest BCUT2D eigenvalue weighted by atomic mass is 10.0. The number of carbonyl (C=O) groups excluding carboxylic acids is 1. The van der Waals surface area contributed by atoms with Gasteiger partial charge in [-0.3, -0.25) is 14.6 Å². The third-order valence-corrected chi connectivity index (χ3v) is 5.10. The van der Waals surface area contributed by atoms with Gasteiger partial charge in [0.05, 0.1) is 18.0 Å². The van der Waals surface area contributed by atoms with E-state index in [0.717, 1.165) is 34.5 Å². The number of primary amides is 1. The van der Waals surface area contributed by atoms with Crippen LogP contribution in [0.15, 0.2) is 88.8 Å². The Bertz CT molecular complexity index is 1400. The Morgan fingerprint density at radius 3 is 2.38 bits per heavy atom. The maximum absolute atomic E-state index is 11.5. The van der Waals surface area contributed by atoms with E-state index in [-0.39, 0.29) is 11.3 Å². The summed E-state index contributed by atoms with van der Waals surface area (Å²) in [5.41, 5.74) is 10.6. The predicted octanol–water partition coefficient (Wildman–Crippen LogP) is 3.80. The van der Waals surface area contributed by atoms with Crippen molar-refractivity contribution in [1.82, 2.24) is 9.97 Å². The standard InChI is InChI=1S/C25H18N4O3/c26-25(31)21-3-1-2-20(29-21)15-4-8-18(9-5-15)32-23-10-6-16(22-14-27-22)12-19(23)17-7-11-24(30)28-13-17/h1-13H,14H2,(H2,26,31)(H,28,30). The number of hydrogen-bond donors (Lipinski definition) is 2. The lowest BCUT2D eigenvalue weighted by Gasteiger charge is -2.13. The number of aromatic nitrogens is 2. The maximum Gasteiger partial charge on any atom is 0.267 e. The van der Waals surface area contributed by atoms with Crippen molar-refractivity contribution in [3.8, 4) is 33.9 Å². The average molecular weight is 422 g/mol. The highest BCUT2D eigenvalue weighted by atomic mass is 16.5. The number of rotatable bonds is 6. The molecule has 1 aliphatic heterocycles. The lowest BCUT2D eigenvalue weighted by molar-refractivity contribution is 0.0995. The molecule has 0 spiro atoms. The van der Waals surface area contributed by atoms with Crippen molar-refractivity contribution < 1.29 is 9.53 Å². The number of ether oxygens (including phenoxy) is 1. The molecule has 0 saturated carbocycles. The van der Waals surface area contributed by atoms with E-state index >= 15 is 0 Å². The normalized spacial score (nSPS) is 12.2. The van der Waals surface area contributed by atoms with Gasteiger partial charge in [0.25, 0.3) is 5.91 Å². The monoisotopic (exact) mass is 422 g/mol. The highest BCUT2D eigenvalue weighted by Crippen LogP contribution is 2.35. The first-order valence-electron chi connectivity index (χ1n) is 9.99. The fourth-order valence-electron chi connectivity index (χ4n) is 3.38. The fourth-order valence-corrected chi connectivity index (χ4v) is 3.38. The number of aromatic amines is 1. The molecule has 7 nitrogen and oxygen atoms in total. The third kappa shape index (κ3) is 4.04. The molecule has 32 heavy (non-hydrogen) atoms. The minimum Gasteiger partial charge on any atom is -0.457 e. The van der Waals surface area contributed by atoms with Crippen LogP contribution in [0.1, 0.15) is 16.1 Å². The van der Waals surface area contributed by atoms with Gasteiger partial charge in [0.15, 0.2) is 0 Å².